The Hall–Kier alpha value is -2.36. The van der Waals surface area contributed by atoms with Crippen molar-refractivity contribution in [1.82, 2.24) is 30.3 Å². The minimum atomic E-state index is -0.763. The van der Waals surface area contributed by atoms with Gasteiger partial charge in [-0.1, -0.05) is 0 Å². The van der Waals surface area contributed by atoms with Crippen molar-refractivity contribution < 1.29 is 14.3 Å². The number of rotatable bonds is 6. The van der Waals surface area contributed by atoms with Crippen molar-refractivity contribution >= 4 is 12.1 Å². The Kier molecular flexibility index (Phi) is 7.68. The van der Waals surface area contributed by atoms with E-state index >= 15 is 0 Å². The molecule has 2 N–H and O–H groups in total. The molecule has 0 radical (unpaired) electrons. The van der Waals surface area contributed by atoms with Crippen molar-refractivity contribution in [3.63, 3.8) is 0 Å². The molecule has 2 atom stereocenters. The van der Waals surface area contributed by atoms with Gasteiger partial charge in [0.1, 0.15) is 24.2 Å². The van der Waals surface area contributed by atoms with Crippen molar-refractivity contribution in [3.8, 4) is 0 Å². The Morgan fingerprint density at radius 2 is 2.03 bits per heavy atom. The van der Waals surface area contributed by atoms with Gasteiger partial charge >= 0.3 is 6.09 Å². The van der Waals surface area contributed by atoms with Crippen LogP contribution >= 0.6 is 0 Å². The van der Waals surface area contributed by atoms with Gasteiger partial charge in [-0.2, -0.15) is 0 Å². The van der Waals surface area contributed by atoms with E-state index < -0.39 is 11.3 Å². The lowest BCUT2D eigenvalue weighted by molar-refractivity contribution is -0.0755. The van der Waals surface area contributed by atoms with Crippen molar-refractivity contribution in [2.75, 3.05) is 13.1 Å². The van der Waals surface area contributed by atoms with E-state index in [1.807, 2.05) is 60.0 Å². The lowest BCUT2D eigenvalue weighted by Crippen LogP contribution is -2.54. The molecule has 0 spiro atoms. The molecule has 30 heavy (non-hydrogen) atoms. The molecule has 2 rings (SSSR count). The molecule has 0 aliphatic carbocycles. The molecule has 1 aromatic heterocycles. The third-order valence-corrected chi connectivity index (χ3v) is 4.76. The summed E-state index contributed by atoms with van der Waals surface area (Å²) in [7, 11) is 0. The lowest BCUT2D eigenvalue weighted by Gasteiger charge is -2.35. The summed E-state index contributed by atoms with van der Waals surface area (Å²) in [5.74, 6) is 1.44. The van der Waals surface area contributed by atoms with E-state index in [9.17, 15) is 4.79 Å². The molecule has 0 saturated carbocycles. The van der Waals surface area contributed by atoms with Crippen molar-refractivity contribution in [2.45, 2.75) is 92.0 Å². The maximum absolute atomic E-state index is 12.9. The first-order valence-corrected chi connectivity index (χ1v) is 10.6. The van der Waals surface area contributed by atoms with Gasteiger partial charge in [-0.25, -0.2) is 9.79 Å². The van der Waals surface area contributed by atoms with Gasteiger partial charge < -0.3 is 24.7 Å². The van der Waals surface area contributed by atoms with Crippen LogP contribution in [0.3, 0.4) is 0 Å². The van der Waals surface area contributed by atoms with Gasteiger partial charge in [0.15, 0.2) is 11.8 Å². The van der Waals surface area contributed by atoms with Gasteiger partial charge in [0.05, 0.1) is 12.1 Å². The SMILES string of the molecule is CCNC(=NCc1nncn1CC)NCC1C(C)OC(C)(C)N1C(=O)OC(C)(C)C. The van der Waals surface area contributed by atoms with Crippen LogP contribution in [0.25, 0.3) is 0 Å². The zero-order valence-corrected chi connectivity index (χ0v) is 19.5. The van der Waals surface area contributed by atoms with Crippen LogP contribution in [-0.4, -0.2) is 68.3 Å². The Labute approximate surface area is 179 Å². The third-order valence-electron chi connectivity index (χ3n) is 4.76. The second kappa shape index (κ2) is 9.63. The summed E-state index contributed by atoms with van der Waals surface area (Å²) in [6.45, 7) is 17.7. The number of aliphatic imine (C=N–C) groups is 1. The summed E-state index contributed by atoms with van der Waals surface area (Å²) in [6.07, 6.45) is 1.15. The fourth-order valence-electron chi connectivity index (χ4n) is 3.48. The number of carbonyl (C=O) groups excluding carboxylic acids is 1. The zero-order valence-electron chi connectivity index (χ0n) is 19.5. The molecule has 1 aromatic rings. The summed E-state index contributed by atoms with van der Waals surface area (Å²) >= 11 is 0. The van der Waals surface area contributed by atoms with Crippen LogP contribution in [0.1, 0.15) is 61.2 Å². The molecule has 1 aliphatic heterocycles. The summed E-state index contributed by atoms with van der Waals surface area (Å²) in [5.41, 5.74) is -1.34. The molecule has 1 amide bonds. The molecule has 2 heterocycles. The van der Waals surface area contributed by atoms with Gasteiger partial charge in [0, 0.05) is 19.6 Å². The van der Waals surface area contributed by atoms with Crippen LogP contribution in [0.15, 0.2) is 11.3 Å². The first-order valence-electron chi connectivity index (χ1n) is 10.6. The highest BCUT2D eigenvalue weighted by atomic mass is 16.6. The van der Waals surface area contributed by atoms with Gasteiger partial charge in [-0.15, -0.1) is 10.2 Å². The number of aromatic nitrogens is 3. The van der Waals surface area contributed by atoms with Crippen LogP contribution in [-0.2, 0) is 22.6 Å². The Morgan fingerprint density at radius 3 is 2.63 bits per heavy atom. The second-order valence-electron chi connectivity index (χ2n) is 8.80. The number of nitrogens with zero attached hydrogens (tertiary/aromatic N) is 5. The number of carbonyl (C=O) groups is 1. The van der Waals surface area contributed by atoms with E-state index in [0.29, 0.717) is 25.6 Å². The van der Waals surface area contributed by atoms with Gasteiger partial charge in [0.2, 0.25) is 0 Å². The first kappa shape index (κ1) is 23.9. The van der Waals surface area contributed by atoms with Gasteiger partial charge in [-0.3, -0.25) is 4.90 Å². The molecule has 0 aromatic carbocycles. The maximum Gasteiger partial charge on any atom is 0.412 e. The Balaban J connectivity index is 2.11. The largest absolute Gasteiger partial charge is 0.444 e. The van der Waals surface area contributed by atoms with Crippen molar-refractivity contribution in [3.05, 3.63) is 12.2 Å². The highest BCUT2D eigenvalue weighted by Crippen LogP contribution is 2.33. The van der Waals surface area contributed by atoms with E-state index in [-0.39, 0.29) is 18.2 Å². The number of hydrogen-bond donors (Lipinski definition) is 2. The molecule has 2 unspecified atom stereocenters. The molecule has 170 valence electrons. The van der Waals surface area contributed by atoms with Gasteiger partial charge in [0.25, 0.3) is 0 Å². The Morgan fingerprint density at radius 1 is 1.33 bits per heavy atom. The highest BCUT2D eigenvalue weighted by molar-refractivity contribution is 5.80. The van der Waals surface area contributed by atoms with E-state index in [1.165, 1.54) is 0 Å². The van der Waals surface area contributed by atoms with Crippen LogP contribution in [0, 0.1) is 0 Å². The van der Waals surface area contributed by atoms with E-state index in [1.54, 1.807) is 11.2 Å². The van der Waals surface area contributed by atoms with Crippen LogP contribution in [0.4, 0.5) is 4.79 Å². The van der Waals surface area contributed by atoms with Crippen LogP contribution < -0.4 is 10.6 Å². The van der Waals surface area contributed by atoms with E-state index in [2.05, 4.69) is 25.8 Å². The number of amides is 1. The van der Waals surface area contributed by atoms with Gasteiger partial charge in [-0.05, 0) is 55.4 Å². The lowest BCUT2D eigenvalue weighted by atomic mass is 10.1. The average Bonchev–Trinajstić information content (AvgIpc) is 3.16. The molecule has 10 heteroatoms. The monoisotopic (exact) mass is 423 g/mol. The second-order valence-corrected chi connectivity index (χ2v) is 8.80. The predicted molar refractivity (Wildman–Crippen MR) is 115 cm³/mol. The number of ether oxygens (including phenoxy) is 2. The van der Waals surface area contributed by atoms with Crippen molar-refractivity contribution in [2.24, 2.45) is 4.99 Å². The zero-order chi connectivity index (χ0) is 22.5. The van der Waals surface area contributed by atoms with Crippen molar-refractivity contribution in [1.29, 1.82) is 0 Å². The van der Waals surface area contributed by atoms with Crippen LogP contribution in [0.2, 0.25) is 0 Å². The van der Waals surface area contributed by atoms with E-state index in [0.717, 1.165) is 12.4 Å². The average molecular weight is 424 g/mol. The highest BCUT2D eigenvalue weighted by Gasteiger charge is 2.49. The predicted octanol–water partition coefficient (Wildman–Crippen LogP) is 2.11. The normalized spacial score (nSPS) is 21.6. The minimum Gasteiger partial charge on any atom is -0.444 e. The summed E-state index contributed by atoms with van der Waals surface area (Å²) < 4.78 is 13.6. The molecule has 1 saturated heterocycles. The number of hydrogen-bond acceptors (Lipinski definition) is 6. The molecule has 1 fully saturated rings. The summed E-state index contributed by atoms with van der Waals surface area (Å²) in [4.78, 5) is 19.2. The summed E-state index contributed by atoms with van der Waals surface area (Å²) in [6, 6.07) is -0.210. The maximum atomic E-state index is 12.9. The number of guanidine groups is 1. The summed E-state index contributed by atoms with van der Waals surface area (Å²) in [5, 5.41) is 14.6. The fourth-order valence-corrected chi connectivity index (χ4v) is 3.48. The molecule has 0 bridgehead atoms. The minimum absolute atomic E-state index is 0.161. The first-order chi connectivity index (χ1) is 14.0. The topological polar surface area (TPSA) is 106 Å². The smallest absolute Gasteiger partial charge is 0.412 e. The number of aryl methyl sites for hydroxylation is 1. The molecular formula is C20H37N7O3. The van der Waals surface area contributed by atoms with Crippen LogP contribution in [0.5, 0.6) is 0 Å². The third kappa shape index (κ3) is 6.07. The van der Waals surface area contributed by atoms with E-state index in [4.69, 9.17) is 9.47 Å². The quantitative estimate of drug-likeness (QED) is 0.533. The molecular weight excluding hydrogens is 386 g/mol. The molecule has 10 nitrogen and oxygen atoms in total. The molecule has 1 aliphatic rings. The standard InChI is InChI=1S/C20H37N7O3/c1-9-21-17(23-12-16-25-24-13-26(16)10-2)22-11-15-14(3)29-20(7,8)27(15)18(28)30-19(4,5)6/h13-15H,9-12H2,1-8H3,(H2,21,22,23). The Bertz CT molecular complexity index is 739. The fraction of sp³-hybridized carbons (Fsp3) is 0.800. The number of nitrogens with one attached hydrogen (secondary N) is 2.